The van der Waals surface area contributed by atoms with E-state index in [1.165, 1.54) is 62.5 Å². The van der Waals surface area contributed by atoms with Gasteiger partial charge in [-0.1, -0.05) is 83.1 Å². The summed E-state index contributed by atoms with van der Waals surface area (Å²) in [6.07, 6.45) is 15.6. The minimum Gasteiger partial charge on any atom is -0.244 e. The molecule has 0 heterocycles. The van der Waals surface area contributed by atoms with Gasteiger partial charge in [0.05, 0.1) is 0 Å². The van der Waals surface area contributed by atoms with E-state index in [1.54, 1.807) is 0 Å². The third-order valence-corrected chi connectivity index (χ3v) is 6.13. The lowest BCUT2D eigenvalue weighted by molar-refractivity contribution is 0.0849. The van der Waals surface area contributed by atoms with Crippen molar-refractivity contribution in [2.45, 2.75) is 115 Å². The summed E-state index contributed by atoms with van der Waals surface area (Å²) in [7, 11) is 0. The lowest BCUT2D eigenvalue weighted by Crippen LogP contribution is -2.28. The average Bonchev–Trinajstić information content (AvgIpc) is 2.63. The Hall–Kier alpha value is -0.850. The van der Waals surface area contributed by atoms with Gasteiger partial charge < -0.3 is 0 Å². The molecule has 1 aliphatic carbocycles. The monoisotopic (exact) mass is 346 g/mol. The minimum atomic E-state index is -0.872. The van der Waals surface area contributed by atoms with Crippen LogP contribution in [0.4, 0.5) is 4.39 Å². The van der Waals surface area contributed by atoms with Gasteiger partial charge >= 0.3 is 0 Å². The molecule has 0 spiro atoms. The van der Waals surface area contributed by atoms with Crippen molar-refractivity contribution in [1.29, 1.82) is 0 Å². The average molecular weight is 347 g/mol. The van der Waals surface area contributed by atoms with Crippen LogP contribution in [0.3, 0.4) is 0 Å². The van der Waals surface area contributed by atoms with E-state index < -0.39 is 5.67 Å². The second kappa shape index (κ2) is 11.0. The predicted octanol–water partition coefficient (Wildman–Crippen LogP) is 8.15. The van der Waals surface area contributed by atoms with E-state index in [0.717, 1.165) is 38.5 Å². The quantitative estimate of drug-likeness (QED) is 0.355. The highest BCUT2D eigenvalue weighted by Gasteiger charge is 2.35. The number of hydrogen-bond acceptors (Lipinski definition) is 0. The summed E-state index contributed by atoms with van der Waals surface area (Å²) in [5, 5.41) is 0. The third-order valence-electron chi connectivity index (χ3n) is 6.13. The van der Waals surface area contributed by atoms with Crippen LogP contribution < -0.4 is 0 Å². The molecule has 2 rings (SSSR count). The van der Waals surface area contributed by atoms with Crippen molar-refractivity contribution in [1.82, 2.24) is 0 Å². The molecule has 0 unspecified atom stereocenters. The van der Waals surface area contributed by atoms with Gasteiger partial charge in [-0.25, -0.2) is 4.39 Å². The molecule has 1 aromatic rings. The summed E-state index contributed by atoms with van der Waals surface area (Å²) in [5.41, 5.74) is 2.02. The van der Waals surface area contributed by atoms with Gasteiger partial charge in [-0.05, 0) is 62.0 Å². The number of aryl methyl sites for hydroxylation is 1. The molecule has 1 aliphatic rings. The van der Waals surface area contributed by atoms with Crippen molar-refractivity contribution in [3.8, 4) is 0 Å². The van der Waals surface area contributed by atoms with Crippen LogP contribution in [0, 0.1) is 0 Å². The first kappa shape index (κ1) is 20.5. The van der Waals surface area contributed by atoms with Crippen molar-refractivity contribution >= 4 is 0 Å². The summed E-state index contributed by atoms with van der Waals surface area (Å²) < 4.78 is 15.0. The molecule has 1 heteroatoms. The number of rotatable bonds is 11. The van der Waals surface area contributed by atoms with Gasteiger partial charge in [0, 0.05) is 0 Å². The number of halogens is 1. The Morgan fingerprint density at radius 2 is 1.44 bits per heavy atom. The zero-order valence-corrected chi connectivity index (χ0v) is 16.7. The van der Waals surface area contributed by atoms with Crippen molar-refractivity contribution in [2.75, 3.05) is 0 Å². The number of hydrogen-bond donors (Lipinski definition) is 0. The van der Waals surface area contributed by atoms with E-state index in [0.29, 0.717) is 5.92 Å². The number of alkyl halides is 1. The van der Waals surface area contributed by atoms with E-state index in [4.69, 9.17) is 0 Å². The molecule has 0 aromatic heterocycles. The van der Waals surface area contributed by atoms with Crippen LogP contribution in [0.25, 0.3) is 0 Å². The fourth-order valence-corrected chi connectivity index (χ4v) is 4.30. The van der Waals surface area contributed by atoms with Crippen LogP contribution in [0.1, 0.15) is 114 Å². The topological polar surface area (TPSA) is 0 Å². The molecule has 1 saturated carbocycles. The highest BCUT2D eigenvalue weighted by molar-refractivity contribution is 5.26. The fourth-order valence-electron chi connectivity index (χ4n) is 4.30. The Bertz CT molecular complexity index is 453. The van der Waals surface area contributed by atoms with Crippen molar-refractivity contribution in [2.24, 2.45) is 0 Å². The second-order valence-corrected chi connectivity index (χ2v) is 8.29. The van der Waals surface area contributed by atoms with Crippen LogP contribution in [0.15, 0.2) is 24.3 Å². The summed E-state index contributed by atoms with van der Waals surface area (Å²) in [6, 6.07) is 9.22. The zero-order chi connectivity index (χ0) is 18.0. The van der Waals surface area contributed by atoms with E-state index in [2.05, 4.69) is 38.1 Å². The molecule has 0 bridgehead atoms. The largest absolute Gasteiger partial charge is 0.244 e. The first-order valence-corrected chi connectivity index (χ1v) is 10.9. The van der Waals surface area contributed by atoms with Crippen molar-refractivity contribution < 1.29 is 4.39 Å². The molecule has 0 N–H and O–H groups in total. The molecular weight excluding hydrogens is 307 g/mol. The van der Waals surface area contributed by atoms with Gasteiger partial charge in [0.15, 0.2) is 0 Å². The normalized spacial score (nSPS) is 23.7. The SMILES string of the molecule is CCCCCCCC1(F)CCC(c2ccc(CCCCC)cc2)CC1. The molecule has 0 atom stereocenters. The number of benzene rings is 1. The van der Waals surface area contributed by atoms with Gasteiger partial charge in [-0.3, -0.25) is 0 Å². The van der Waals surface area contributed by atoms with Crippen LogP contribution in [0.2, 0.25) is 0 Å². The predicted molar refractivity (Wildman–Crippen MR) is 108 cm³/mol. The molecule has 0 saturated heterocycles. The molecule has 25 heavy (non-hydrogen) atoms. The summed E-state index contributed by atoms with van der Waals surface area (Å²) in [6.45, 7) is 4.48. The van der Waals surface area contributed by atoms with Gasteiger partial charge in [0.25, 0.3) is 0 Å². The van der Waals surface area contributed by atoms with Crippen LogP contribution in [-0.2, 0) is 6.42 Å². The zero-order valence-electron chi connectivity index (χ0n) is 16.7. The summed E-state index contributed by atoms with van der Waals surface area (Å²) in [5.74, 6) is 0.577. The first-order chi connectivity index (χ1) is 12.2. The maximum Gasteiger partial charge on any atom is 0.111 e. The third kappa shape index (κ3) is 7.12. The molecule has 0 radical (unpaired) electrons. The Kier molecular flexibility index (Phi) is 8.99. The highest BCUT2D eigenvalue weighted by Crippen LogP contribution is 2.42. The van der Waals surface area contributed by atoms with Gasteiger partial charge in [-0.15, -0.1) is 0 Å². The van der Waals surface area contributed by atoms with Crippen molar-refractivity contribution in [3.63, 3.8) is 0 Å². The lowest BCUT2D eigenvalue weighted by atomic mass is 9.75. The van der Waals surface area contributed by atoms with Gasteiger partial charge in [0.1, 0.15) is 5.67 Å². The maximum absolute atomic E-state index is 15.0. The van der Waals surface area contributed by atoms with Crippen LogP contribution in [-0.4, -0.2) is 5.67 Å². The lowest BCUT2D eigenvalue weighted by Gasteiger charge is -2.34. The van der Waals surface area contributed by atoms with E-state index >= 15 is 4.39 Å². The standard InChI is InChI=1S/C24H39F/c1-3-5-7-8-10-18-24(25)19-16-23(17-20-24)22-14-12-21(13-15-22)11-9-6-4-2/h12-15,23H,3-11,16-20H2,1-2H3. The Morgan fingerprint density at radius 3 is 2.08 bits per heavy atom. The van der Waals surface area contributed by atoms with Crippen LogP contribution in [0.5, 0.6) is 0 Å². The molecule has 142 valence electrons. The Balaban J connectivity index is 1.73. The van der Waals surface area contributed by atoms with E-state index in [1.807, 2.05) is 0 Å². The number of unbranched alkanes of at least 4 members (excludes halogenated alkanes) is 6. The second-order valence-electron chi connectivity index (χ2n) is 8.29. The Morgan fingerprint density at radius 1 is 0.840 bits per heavy atom. The first-order valence-electron chi connectivity index (χ1n) is 10.9. The van der Waals surface area contributed by atoms with E-state index in [9.17, 15) is 0 Å². The highest BCUT2D eigenvalue weighted by atomic mass is 19.1. The van der Waals surface area contributed by atoms with E-state index in [-0.39, 0.29) is 0 Å². The smallest absolute Gasteiger partial charge is 0.111 e. The molecule has 0 amide bonds. The molecular formula is C24H39F. The molecule has 1 fully saturated rings. The summed E-state index contributed by atoms with van der Waals surface area (Å²) >= 11 is 0. The van der Waals surface area contributed by atoms with Gasteiger partial charge in [0.2, 0.25) is 0 Å². The fraction of sp³-hybridized carbons (Fsp3) is 0.750. The van der Waals surface area contributed by atoms with Gasteiger partial charge in [-0.2, -0.15) is 0 Å². The van der Waals surface area contributed by atoms with Crippen molar-refractivity contribution in [3.05, 3.63) is 35.4 Å². The maximum atomic E-state index is 15.0. The minimum absolute atomic E-state index is 0.577. The Labute approximate surface area is 155 Å². The molecule has 0 aliphatic heterocycles. The molecule has 1 aromatic carbocycles. The van der Waals surface area contributed by atoms with Crippen LogP contribution >= 0.6 is 0 Å². The molecule has 0 nitrogen and oxygen atoms in total. The summed E-state index contributed by atoms with van der Waals surface area (Å²) in [4.78, 5) is 0.